The maximum Gasteiger partial charge on any atom is 0.243 e. The number of rotatable bonds is 10. The van der Waals surface area contributed by atoms with Crippen LogP contribution < -0.4 is 0 Å². The van der Waals surface area contributed by atoms with Crippen molar-refractivity contribution in [2.24, 2.45) is 16.7 Å². The topological polar surface area (TPSA) is 114 Å². The van der Waals surface area contributed by atoms with Gasteiger partial charge in [0.05, 0.1) is 30.2 Å². The van der Waals surface area contributed by atoms with Gasteiger partial charge in [-0.1, -0.05) is 65.2 Å². The van der Waals surface area contributed by atoms with Gasteiger partial charge in [0.15, 0.2) is 10.8 Å². The van der Waals surface area contributed by atoms with Crippen molar-refractivity contribution in [2.75, 3.05) is 0 Å². The largest absolute Gasteiger partial charge is 0.443 e. The van der Waals surface area contributed by atoms with E-state index in [1.165, 1.54) is 49.9 Å². The second-order valence-corrected chi connectivity index (χ2v) is 9.15. The van der Waals surface area contributed by atoms with Gasteiger partial charge in [-0.05, 0) is 30.7 Å². The van der Waals surface area contributed by atoms with Gasteiger partial charge in [-0.3, -0.25) is 5.41 Å². The summed E-state index contributed by atoms with van der Waals surface area (Å²) < 4.78 is 25.9. The van der Waals surface area contributed by atoms with E-state index >= 15 is 0 Å². The van der Waals surface area contributed by atoms with Crippen molar-refractivity contribution in [2.45, 2.75) is 83.5 Å². The SMILES string of the molecule is CCCCCCCCCCC1OC2(c3ccc(F)cc3)OC(=N)C(C#N)(C2C)C1(C#N)C#N. The van der Waals surface area contributed by atoms with Gasteiger partial charge >= 0.3 is 0 Å². The number of hydrogen-bond acceptors (Lipinski definition) is 6. The first-order chi connectivity index (χ1) is 15.9. The molecule has 174 valence electrons. The molecule has 0 aromatic heterocycles. The molecule has 33 heavy (non-hydrogen) atoms. The molecule has 1 aromatic rings. The average molecular weight is 451 g/mol. The van der Waals surface area contributed by atoms with E-state index in [-0.39, 0.29) is 0 Å². The summed E-state index contributed by atoms with van der Waals surface area (Å²) >= 11 is 0. The Hall–Kier alpha value is -2.95. The summed E-state index contributed by atoms with van der Waals surface area (Å²) in [5.41, 5.74) is -3.20. The number of fused-ring (bicyclic) bond motifs is 2. The Morgan fingerprint density at radius 3 is 2.06 bits per heavy atom. The molecule has 0 amide bonds. The maximum absolute atomic E-state index is 13.6. The lowest BCUT2D eigenvalue weighted by Crippen LogP contribution is -2.60. The smallest absolute Gasteiger partial charge is 0.243 e. The molecule has 4 unspecified atom stereocenters. The molecule has 0 radical (unpaired) electrons. The van der Waals surface area contributed by atoms with Crippen molar-refractivity contribution in [1.82, 2.24) is 0 Å². The summed E-state index contributed by atoms with van der Waals surface area (Å²) in [5, 5.41) is 39.1. The van der Waals surface area contributed by atoms with E-state index in [9.17, 15) is 20.2 Å². The first-order valence-electron chi connectivity index (χ1n) is 11.8. The molecule has 0 spiro atoms. The molecule has 2 aliphatic rings. The minimum absolute atomic E-state index is 0.395. The van der Waals surface area contributed by atoms with Crippen LogP contribution in [-0.2, 0) is 15.3 Å². The Kier molecular flexibility index (Phi) is 7.41. The zero-order valence-electron chi connectivity index (χ0n) is 19.4. The number of nitrogens with one attached hydrogen (secondary N) is 1. The zero-order chi connectivity index (χ0) is 24.1. The van der Waals surface area contributed by atoms with Gasteiger partial charge in [0.25, 0.3) is 0 Å². The first-order valence-corrected chi connectivity index (χ1v) is 11.8. The van der Waals surface area contributed by atoms with E-state index in [2.05, 4.69) is 25.1 Å². The molecule has 7 heteroatoms. The molecule has 2 heterocycles. The van der Waals surface area contributed by atoms with E-state index in [0.29, 0.717) is 12.0 Å². The predicted molar refractivity (Wildman–Crippen MR) is 120 cm³/mol. The minimum atomic E-state index is -1.88. The van der Waals surface area contributed by atoms with E-state index in [1.807, 2.05) is 0 Å². The zero-order valence-corrected chi connectivity index (χ0v) is 19.4. The molecule has 6 nitrogen and oxygen atoms in total. The van der Waals surface area contributed by atoms with E-state index in [4.69, 9.17) is 14.9 Å². The molecule has 1 aromatic carbocycles. The molecular weight excluding hydrogens is 419 g/mol. The van der Waals surface area contributed by atoms with Crippen LogP contribution >= 0.6 is 0 Å². The number of ether oxygens (including phenoxy) is 2. The summed E-state index contributed by atoms with van der Waals surface area (Å²) in [6.45, 7) is 3.84. The van der Waals surface area contributed by atoms with Crippen LogP contribution in [-0.4, -0.2) is 12.0 Å². The third-order valence-corrected chi connectivity index (χ3v) is 7.35. The lowest BCUT2D eigenvalue weighted by Gasteiger charge is -2.48. The molecule has 2 saturated heterocycles. The molecule has 0 aliphatic carbocycles. The Bertz CT molecular complexity index is 976. The second kappa shape index (κ2) is 9.90. The number of hydrogen-bond donors (Lipinski definition) is 1. The highest BCUT2D eigenvalue weighted by Crippen LogP contribution is 2.66. The third kappa shape index (κ3) is 3.77. The van der Waals surface area contributed by atoms with Crippen molar-refractivity contribution >= 4 is 5.90 Å². The van der Waals surface area contributed by atoms with Crippen molar-refractivity contribution < 1.29 is 13.9 Å². The fraction of sp³-hybridized carbons (Fsp3) is 0.615. The maximum atomic E-state index is 13.6. The van der Waals surface area contributed by atoms with Gasteiger partial charge in [-0.25, -0.2) is 4.39 Å². The fourth-order valence-electron chi connectivity index (χ4n) is 5.38. The number of unbranched alkanes of at least 4 members (excludes halogenated alkanes) is 7. The average Bonchev–Trinajstić information content (AvgIpc) is 2.98. The molecule has 0 saturated carbocycles. The van der Waals surface area contributed by atoms with Gasteiger partial charge < -0.3 is 9.47 Å². The van der Waals surface area contributed by atoms with E-state index in [1.54, 1.807) is 6.92 Å². The summed E-state index contributed by atoms with van der Waals surface area (Å²) in [7, 11) is 0. The van der Waals surface area contributed by atoms with Crippen LogP contribution in [0.15, 0.2) is 24.3 Å². The van der Waals surface area contributed by atoms with Crippen LogP contribution in [0.5, 0.6) is 0 Å². The van der Waals surface area contributed by atoms with Gasteiger partial charge in [-0.2, -0.15) is 15.8 Å². The highest BCUT2D eigenvalue weighted by Gasteiger charge is 2.79. The highest BCUT2D eigenvalue weighted by molar-refractivity contribution is 5.89. The molecule has 4 atom stereocenters. The third-order valence-electron chi connectivity index (χ3n) is 7.35. The second-order valence-electron chi connectivity index (χ2n) is 9.15. The van der Waals surface area contributed by atoms with E-state index in [0.717, 1.165) is 25.7 Å². The van der Waals surface area contributed by atoms with Crippen LogP contribution in [0.4, 0.5) is 4.39 Å². The lowest BCUT2D eigenvalue weighted by atomic mass is 9.53. The number of halogens is 1. The normalized spacial score (nSPS) is 29.5. The van der Waals surface area contributed by atoms with Crippen LogP contribution in [0.1, 0.15) is 77.2 Å². The Morgan fingerprint density at radius 1 is 0.939 bits per heavy atom. The summed E-state index contributed by atoms with van der Waals surface area (Å²) in [5.74, 6) is -3.22. The van der Waals surface area contributed by atoms with Gasteiger partial charge in [-0.15, -0.1) is 0 Å². The molecule has 1 N–H and O–H groups in total. The lowest BCUT2D eigenvalue weighted by molar-refractivity contribution is -0.286. The Morgan fingerprint density at radius 2 is 1.52 bits per heavy atom. The van der Waals surface area contributed by atoms with Crippen molar-refractivity contribution in [1.29, 1.82) is 21.2 Å². The highest BCUT2D eigenvalue weighted by atomic mass is 19.1. The Balaban J connectivity index is 1.89. The van der Waals surface area contributed by atoms with Crippen molar-refractivity contribution in [3.63, 3.8) is 0 Å². The summed E-state index contributed by atoms with van der Waals surface area (Å²) in [6, 6.07) is 11.8. The number of nitrogens with zero attached hydrogens (tertiary/aromatic N) is 3. The van der Waals surface area contributed by atoms with Gasteiger partial charge in [0.2, 0.25) is 11.7 Å². The van der Waals surface area contributed by atoms with Crippen molar-refractivity contribution in [3.05, 3.63) is 35.6 Å². The van der Waals surface area contributed by atoms with E-state index < -0.39 is 40.4 Å². The predicted octanol–water partition coefficient (Wildman–Crippen LogP) is 6.10. The van der Waals surface area contributed by atoms with Crippen LogP contribution in [0.2, 0.25) is 0 Å². The molecule has 2 bridgehead atoms. The van der Waals surface area contributed by atoms with Crippen LogP contribution in [0.25, 0.3) is 0 Å². The minimum Gasteiger partial charge on any atom is -0.443 e. The van der Waals surface area contributed by atoms with Crippen molar-refractivity contribution in [3.8, 4) is 18.2 Å². The Labute approximate surface area is 195 Å². The first kappa shape index (κ1) is 24.7. The molecule has 2 aliphatic heterocycles. The summed E-state index contributed by atoms with van der Waals surface area (Å²) in [4.78, 5) is 0. The summed E-state index contributed by atoms with van der Waals surface area (Å²) in [6.07, 6.45) is 8.20. The molecule has 2 fully saturated rings. The molecular formula is C26H31FN4O2. The number of benzene rings is 1. The van der Waals surface area contributed by atoms with Crippen LogP contribution in [0.3, 0.4) is 0 Å². The quantitative estimate of drug-likeness (QED) is 0.433. The van der Waals surface area contributed by atoms with Gasteiger partial charge in [0.1, 0.15) is 5.82 Å². The standard InChI is InChI=1S/C26H31FN4O2/c1-3-4-5-6-7-8-9-10-11-22-24(16-28,17-29)25(18-30)19(2)26(32-22,33-23(25)31)20-12-14-21(27)15-13-20/h12-15,19,22,31H,3-11H2,1-2H3. The monoisotopic (exact) mass is 450 g/mol. The number of nitriles is 3. The molecule has 3 rings (SSSR count). The van der Waals surface area contributed by atoms with Crippen LogP contribution in [0, 0.1) is 62.0 Å². The fourth-order valence-corrected chi connectivity index (χ4v) is 5.38. The van der Waals surface area contributed by atoms with Gasteiger partial charge in [0, 0.05) is 5.56 Å².